The zero-order valence-corrected chi connectivity index (χ0v) is 10.6. The number of phenolic OH excluding ortho intramolecular Hbond substituents is 1. The molecule has 0 aromatic heterocycles. The summed E-state index contributed by atoms with van der Waals surface area (Å²) in [5.41, 5.74) is 2.11. The SMILES string of the molecule is CNCC(=O)c1c(C)cc(C)c(Br)c1O. The van der Waals surface area contributed by atoms with Gasteiger partial charge in [0.1, 0.15) is 5.75 Å². The molecule has 1 aromatic rings. The Morgan fingerprint density at radius 1 is 1.47 bits per heavy atom. The number of Topliss-reactive ketones (excluding diaryl/α,β-unsaturated/α-hetero) is 1. The molecule has 0 atom stereocenters. The quantitative estimate of drug-likeness (QED) is 0.829. The van der Waals surface area contributed by atoms with Gasteiger partial charge in [-0.1, -0.05) is 6.07 Å². The summed E-state index contributed by atoms with van der Waals surface area (Å²) in [6.07, 6.45) is 0. The van der Waals surface area contributed by atoms with E-state index in [9.17, 15) is 9.90 Å². The van der Waals surface area contributed by atoms with Gasteiger partial charge >= 0.3 is 0 Å². The van der Waals surface area contributed by atoms with Crippen LogP contribution in [0.1, 0.15) is 21.5 Å². The topological polar surface area (TPSA) is 49.3 Å². The van der Waals surface area contributed by atoms with Gasteiger partial charge in [0.05, 0.1) is 16.6 Å². The van der Waals surface area contributed by atoms with Crippen LogP contribution in [0.5, 0.6) is 5.75 Å². The maximum Gasteiger partial charge on any atom is 0.180 e. The molecule has 0 fully saturated rings. The normalized spacial score (nSPS) is 10.4. The number of likely N-dealkylation sites (N-methyl/N-ethyl adjacent to an activating group) is 1. The molecule has 3 nitrogen and oxygen atoms in total. The zero-order chi connectivity index (χ0) is 11.6. The van der Waals surface area contributed by atoms with E-state index in [0.717, 1.165) is 11.1 Å². The van der Waals surface area contributed by atoms with Crippen molar-refractivity contribution in [3.05, 3.63) is 27.2 Å². The lowest BCUT2D eigenvalue weighted by Gasteiger charge is -2.11. The summed E-state index contributed by atoms with van der Waals surface area (Å²) >= 11 is 3.26. The lowest BCUT2D eigenvalue weighted by Crippen LogP contribution is -2.19. The number of ketones is 1. The Labute approximate surface area is 97.6 Å². The number of rotatable bonds is 3. The summed E-state index contributed by atoms with van der Waals surface area (Å²) in [5.74, 6) is -0.0686. The lowest BCUT2D eigenvalue weighted by molar-refractivity contribution is 0.0990. The number of hydrogen-bond donors (Lipinski definition) is 2. The molecule has 0 amide bonds. The van der Waals surface area contributed by atoms with E-state index in [1.54, 1.807) is 7.05 Å². The fourth-order valence-corrected chi connectivity index (χ4v) is 1.86. The first-order chi connectivity index (χ1) is 6.99. The van der Waals surface area contributed by atoms with Gasteiger partial charge in [-0.25, -0.2) is 0 Å². The van der Waals surface area contributed by atoms with E-state index in [4.69, 9.17) is 0 Å². The molecule has 82 valence electrons. The molecule has 0 bridgehead atoms. The predicted octanol–water partition coefficient (Wildman–Crippen LogP) is 2.17. The molecule has 0 aliphatic heterocycles. The van der Waals surface area contributed by atoms with Crippen molar-refractivity contribution in [1.29, 1.82) is 0 Å². The van der Waals surface area contributed by atoms with E-state index in [2.05, 4.69) is 21.2 Å². The summed E-state index contributed by atoms with van der Waals surface area (Å²) in [6, 6.07) is 1.88. The highest BCUT2D eigenvalue weighted by Crippen LogP contribution is 2.33. The average Bonchev–Trinajstić information content (AvgIpc) is 2.15. The minimum Gasteiger partial charge on any atom is -0.506 e. The molecule has 4 heteroatoms. The summed E-state index contributed by atoms with van der Waals surface area (Å²) in [7, 11) is 1.70. The van der Waals surface area contributed by atoms with E-state index in [0.29, 0.717) is 10.0 Å². The van der Waals surface area contributed by atoms with E-state index in [1.807, 2.05) is 19.9 Å². The Morgan fingerprint density at radius 2 is 2.07 bits per heavy atom. The third kappa shape index (κ3) is 2.38. The number of aryl methyl sites for hydroxylation is 2. The Bertz CT molecular complexity index is 402. The average molecular weight is 272 g/mol. The van der Waals surface area contributed by atoms with Gasteiger partial charge in [0.15, 0.2) is 5.78 Å². The molecule has 1 aromatic carbocycles. The van der Waals surface area contributed by atoms with Crippen LogP contribution in [0.2, 0.25) is 0 Å². The third-order valence-corrected chi connectivity index (χ3v) is 3.24. The molecular formula is C11H14BrNO2. The van der Waals surface area contributed by atoms with Gasteiger partial charge in [0, 0.05) is 0 Å². The highest BCUT2D eigenvalue weighted by Gasteiger charge is 2.17. The van der Waals surface area contributed by atoms with Gasteiger partial charge < -0.3 is 10.4 Å². The van der Waals surface area contributed by atoms with E-state index in [-0.39, 0.29) is 18.1 Å². The molecule has 0 radical (unpaired) electrons. The third-order valence-electron chi connectivity index (χ3n) is 2.23. The second-order valence-electron chi connectivity index (χ2n) is 3.50. The smallest absolute Gasteiger partial charge is 0.180 e. The second kappa shape index (κ2) is 4.77. The Balaban J connectivity index is 3.29. The first-order valence-electron chi connectivity index (χ1n) is 4.65. The number of carbonyl (C=O) groups excluding carboxylic acids is 1. The molecule has 0 aliphatic carbocycles. The largest absolute Gasteiger partial charge is 0.506 e. The molecule has 0 aliphatic rings. The van der Waals surface area contributed by atoms with Crippen molar-refractivity contribution in [2.45, 2.75) is 13.8 Å². The predicted molar refractivity (Wildman–Crippen MR) is 63.5 cm³/mol. The van der Waals surface area contributed by atoms with E-state index in [1.165, 1.54) is 0 Å². The van der Waals surface area contributed by atoms with Gasteiger partial charge in [-0.15, -0.1) is 0 Å². The van der Waals surface area contributed by atoms with Crippen molar-refractivity contribution < 1.29 is 9.90 Å². The Morgan fingerprint density at radius 3 is 2.60 bits per heavy atom. The fourth-order valence-electron chi connectivity index (χ4n) is 1.54. The summed E-state index contributed by atoms with van der Waals surface area (Å²) in [4.78, 5) is 11.7. The number of hydrogen-bond acceptors (Lipinski definition) is 3. The molecule has 0 spiro atoms. The number of benzene rings is 1. The molecule has 15 heavy (non-hydrogen) atoms. The van der Waals surface area contributed by atoms with Crippen LogP contribution in [0.3, 0.4) is 0 Å². The minimum atomic E-state index is -0.104. The molecule has 0 heterocycles. The van der Waals surface area contributed by atoms with Gasteiger partial charge in [0.2, 0.25) is 0 Å². The van der Waals surface area contributed by atoms with Gasteiger partial charge in [-0.2, -0.15) is 0 Å². The first-order valence-corrected chi connectivity index (χ1v) is 5.44. The Kier molecular flexibility index (Phi) is 3.88. The highest BCUT2D eigenvalue weighted by atomic mass is 79.9. The first kappa shape index (κ1) is 12.2. The fraction of sp³-hybridized carbons (Fsp3) is 0.364. The van der Waals surface area contributed by atoms with Crippen LogP contribution in [-0.4, -0.2) is 24.5 Å². The van der Waals surface area contributed by atoms with Gasteiger partial charge in [0.25, 0.3) is 0 Å². The summed E-state index contributed by atoms with van der Waals surface area (Å²) in [5, 5.41) is 12.6. The maximum absolute atomic E-state index is 11.7. The molecule has 0 unspecified atom stereocenters. The van der Waals surface area contributed by atoms with Crippen molar-refractivity contribution in [2.24, 2.45) is 0 Å². The lowest BCUT2D eigenvalue weighted by atomic mass is 10.0. The van der Waals surface area contributed by atoms with Crippen molar-refractivity contribution in [2.75, 3.05) is 13.6 Å². The van der Waals surface area contributed by atoms with Gasteiger partial charge in [-0.3, -0.25) is 4.79 Å². The van der Waals surface area contributed by atoms with Crippen molar-refractivity contribution in [3.63, 3.8) is 0 Å². The van der Waals surface area contributed by atoms with Crippen LogP contribution in [0.15, 0.2) is 10.5 Å². The molecule has 1 rings (SSSR count). The molecular weight excluding hydrogens is 258 g/mol. The van der Waals surface area contributed by atoms with E-state index < -0.39 is 0 Å². The van der Waals surface area contributed by atoms with Gasteiger partial charge in [-0.05, 0) is 48.0 Å². The minimum absolute atomic E-state index is 0.0350. The monoisotopic (exact) mass is 271 g/mol. The standard InChI is InChI=1S/C11H14BrNO2/c1-6-4-7(2)10(12)11(15)9(6)8(14)5-13-3/h4,13,15H,5H2,1-3H3. The van der Waals surface area contributed by atoms with E-state index >= 15 is 0 Å². The van der Waals surface area contributed by atoms with Crippen LogP contribution in [-0.2, 0) is 0 Å². The number of aromatic hydroxyl groups is 1. The van der Waals surface area contributed by atoms with Crippen LogP contribution in [0.25, 0.3) is 0 Å². The summed E-state index contributed by atoms with van der Waals surface area (Å²) < 4.78 is 0.590. The number of phenols is 1. The Hall–Kier alpha value is -0.870. The highest BCUT2D eigenvalue weighted by molar-refractivity contribution is 9.10. The number of nitrogens with one attached hydrogen (secondary N) is 1. The second-order valence-corrected chi connectivity index (χ2v) is 4.29. The van der Waals surface area contributed by atoms with Crippen LogP contribution in [0.4, 0.5) is 0 Å². The molecule has 2 N–H and O–H groups in total. The van der Waals surface area contributed by atoms with Crippen molar-refractivity contribution in [1.82, 2.24) is 5.32 Å². The number of carbonyl (C=O) groups is 1. The van der Waals surface area contributed by atoms with Crippen molar-refractivity contribution >= 4 is 21.7 Å². The molecule has 0 saturated carbocycles. The number of halogens is 1. The van der Waals surface area contributed by atoms with Crippen LogP contribution < -0.4 is 5.32 Å². The van der Waals surface area contributed by atoms with Crippen LogP contribution >= 0.6 is 15.9 Å². The van der Waals surface area contributed by atoms with Crippen molar-refractivity contribution in [3.8, 4) is 5.75 Å². The van der Waals surface area contributed by atoms with Crippen LogP contribution in [0, 0.1) is 13.8 Å². The summed E-state index contributed by atoms with van der Waals surface area (Å²) in [6.45, 7) is 3.93. The maximum atomic E-state index is 11.7. The molecule has 0 saturated heterocycles. The zero-order valence-electron chi connectivity index (χ0n) is 9.02.